The molecule has 2 nitrogen and oxygen atoms in total. The summed E-state index contributed by atoms with van der Waals surface area (Å²) in [5.41, 5.74) is 1.85. The second kappa shape index (κ2) is 6.50. The van der Waals surface area contributed by atoms with Gasteiger partial charge in [0.25, 0.3) is 0 Å². The van der Waals surface area contributed by atoms with Crippen LogP contribution in [0.15, 0.2) is 54.6 Å². The second-order valence-corrected chi connectivity index (χ2v) is 4.88. The lowest BCUT2D eigenvalue weighted by atomic mass is 10.1. The van der Waals surface area contributed by atoms with Crippen molar-refractivity contribution in [2.75, 3.05) is 6.54 Å². The van der Waals surface area contributed by atoms with Crippen molar-refractivity contribution >= 4 is 17.4 Å². The Labute approximate surface area is 118 Å². The summed E-state index contributed by atoms with van der Waals surface area (Å²) in [5, 5.41) is 3.87. The van der Waals surface area contributed by atoms with Crippen LogP contribution in [-0.2, 0) is 0 Å². The normalized spacial score (nSPS) is 12.1. The number of carbonyl (C=O) groups excluding carboxylic acids is 1. The molecular weight excluding hydrogens is 258 g/mol. The van der Waals surface area contributed by atoms with Gasteiger partial charge in [-0.2, -0.15) is 0 Å². The quantitative estimate of drug-likeness (QED) is 0.838. The van der Waals surface area contributed by atoms with Gasteiger partial charge in [-0.1, -0.05) is 41.9 Å². The third-order valence-corrected chi connectivity index (χ3v) is 3.29. The molecule has 1 N–H and O–H groups in total. The standard InChI is InChI=1S/C16H16ClNO/c1-12(13-5-3-2-4-6-13)18-11-16(19)14-7-9-15(17)10-8-14/h2-10,12,18H,11H2,1H3. The number of benzene rings is 2. The number of nitrogens with one attached hydrogen (secondary N) is 1. The molecule has 0 heterocycles. The van der Waals surface area contributed by atoms with Gasteiger partial charge < -0.3 is 5.32 Å². The maximum absolute atomic E-state index is 12.0. The van der Waals surface area contributed by atoms with Gasteiger partial charge >= 0.3 is 0 Å². The van der Waals surface area contributed by atoms with Crippen molar-refractivity contribution < 1.29 is 4.79 Å². The van der Waals surface area contributed by atoms with Crippen LogP contribution in [0.5, 0.6) is 0 Å². The molecule has 0 aliphatic carbocycles. The highest BCUT2D eigenvalue weighted by atomic mass is 35.5. The lowest BCUT2D eigenvalue weighted by Gasteiger charge is -2.13. The molecule has 0 saturated heterocycles. The third kappa shape index (κ3) is 3.91. The van der Waals surface area contributed by atoms with Crippen molar-refractivity contribution in [1.29, 1.82) is 0 Å². The van der Waals surface area contributed by atoms with Crippen LogP contribution >= 0.6 is 11.6 Å². The summed E-state index contributed by atoms with van der Waals surface area (Å²) in [6.45, 7) is 2.36. The molecule has 0 aliphatic heterocycles. The van der Waals surface area contributed by atoms with Crippen molar-refractivity contribution in [3.8, 4) is 0 Å². The van der Waals surface area contributed by atoms with Gasteiger partial charge in [-0.3, -0.25) is 4.79 Å². The minimum atomic E-state index is 0.0689. The summed E-state index contributed by atoms with van der Waals surface area (Å²) in [6, 6.07) is 17.2. The number of carbonyl (C=O) groups is 1. The van der Waals surface area contributed by atoms with Crippen LogP contribution in [0.3, 0.4) is 0 Å². The first-order valence-corrected chi connectivity index (χ1v) is 6.61. The average Bonchev–Trinajstić information content (AvgIpc) is 2.46. The van der Waals surface area contributed by atoms with E-state index in [9.17, 15) is 4.79 Å². The molecule has 0 fully saturated rings. The third-order valence-electron chi connectivity index (χ3n) is 3.03. The summed E-state index contributed by atoms with van der Waals surface area (Å²) in [6.07, 6.45) is 0. The van der Waals surface area contributed by atoms with E-state index in [0.717, 1.165) is 0 Å². The summed E-state index contributed by atoms with van der Waals surface area (Å²) >= 11 is 5.80. The molecule has 2 rings (SSSR count). The van der Waals surface area contributed by atoms with Crippen LogP contribution < -0.4 is 5.32 Å². The molecule has 0 bridgehead atoms. The first-order chi connectivity index (χ1) is 9.16. The Morgan fingerprint density at radius 1 is 1.11 bits per heavy atom. The van der Waals surface area contributed by atoms with E-state index in [0.29, 0.717) is 17.1 Å². The number of Topliss-reactive ketones (excluding diaryl/α,β-unsaturated/α-hetero) is 1. The predicted octanol–water partition coefficient (Wildman–Crippen LogP) is 3.87. The van der Waals surface area contributed by atoms with E-state index in [1.807, 2.05) is 37.3 Å². The fourth-order valence-corrected chi connectivity index (χ4v) is 1.97. The molecule has 19 heavy (non-hydrogen) atoms. The summed E-state index contributed by atoms with van der Waals surface area (Å²) in [4.78, 5) is 12.0. The van der Waals surface area contributed by atoms with Crippen LogP contribution in [-0.4, -0.2) is 12.3 Å². The Morgan fingerprint density at radius 3 is 2.37 bits per heavy atom. The van der Waals surface area contributed by atoms with Crippen LogP contribution in [0, 0.1) is 0 Å². The molecule has 0 spiro atoms. The predicted molar refractivity (Wildman–Crippen MR) is 78.6 cm³/mol. The van der Waals surface area contributed by atoms with Gasteiger partial charge in [0.2, 0.25) is 0 Å². The van der Waals surface area contributed by atoms with E-state index >= 15 is 0 Å². The molecule has 1 unspecified atom stereocenters. The fraction of sp³-hybridized carbons (Fsp3) is 0.188. The van der Waals surface area contributed by atoms with Crippen LogP contribution in [0.4, 0.5) is 0 Å². The zero-order valence-electron chi connectivity index (χ0n) is 10.8. The first kappa shape index (κ1) is 13.8. The zero-order valence-corrected chi connectivity index (χ0v) is 11.5. The highest BCUT2D eigenvalue weighted by Gasteiger charge is 2.09. The molecule has 0 amide bonds. The van der Waals surface area contributed by atoms with Crippen molar-refractivity contribution in [3.63, 3.8) is 0 Å². The Bertz CT molecular complexity index is 536. The number of ketones is 1. The van der Waals surface area contributed by atoms with Crippen molar-refractivity contribution in [2.45, 2.75) is 13.0 Å². The molecule has 0 aliphatic rings. The molecule has 0 radical (unpaired) electrons. The zero-order chi connectivity index (χ0) is 13.7. The average molecular weight is 274 g/mol. The Morgan fingerprint density at radius 2 is 1.74 bits per heavy atom. The molecule has 98 valence electrons. The molecule has 1 atom stereocenters. The summed E-state index contributed by atoms with van der Waals surface area (Å²) in [5.74, 6) is 0.0689. The summed E-state index contributed by atoms with van der Waals surface area (Å²) in [7, 11) is 0. The topological polar surface area (TPSA) is 29.1 Å². The molecule has 0 aromatic heterocycles. The van der Waals surface area contributed by atoms with Crippen LogP contribution in [0.2, 0.25) is 5.02 Å². The first-order valence-electron chi connectivity index (χ1n) is 6.24. The molecule has 3 heteroatoms. The number of hydrogen-bond donors (Lipinski definition) is 1. The smallest absolute Gasteiger partial charge is 0.176 e. The van der Waals surface area contributed by atoms with E-state index in [2.05, 4.69) is 5.32 Å². The van der Waals surface area contributed by atoms with Crippen molar-refractivity contribution in [2.24, 2.45) is 0 Å². The van der Waals surface area contributed by atoms with Gasteiger partial charge in [0.15, 0.2) is 5.78 Å². The van der Waals surface area contributed by atoms with E-state index in [4.69, 9.17) is 11.6 Å². The van der Waals surface area contributed by atoms with E-state index in [1.54, 1.807) is 24.3 Å². The molecule has 2 aromatic rings. The Balaban J connectivity index is 1.92. The summed E-state index contributed by atoms with van der Waals surface area (Å²) < 4.78 is 0. The largest absolute Gasteiger partial charge is 0.303 e. The van der Waals surface area contributed by atoms with Gasteiger partial charge in [-0.25, -0.2) is 0 Å². The number of rotatable bonds is 5. The fourth-order valence-electron chi connectivity index (χ4n) is 1.84. The maximum Gasteiger partial charge on any atom is 0.176 e. The van der Waals surface area contributed by atoms with Gasteiger partial charge in [0, 0.05) is 16.6 Å². The Hall–Kier alpha value is -1.64. The highest BCUT2D eigenvalue weighted by Crippen LogP contribution is 2.12. The monoisotopic (exact) mass is 273 g/mol. The molecule has 2 aromatic carbocycles. The molecule has 0 saturated carbocycles. The van der Waals surface area contributed by atoms with Crippen LogP contribution in [0.25, 0.3) is 0 Å². The SMILES string of the molecule is CC(NCC(=O)c1ccc(Cl)cc1)c1ccccc1. The number of hydrogen-bond acceptors (Lipinski definition) is 2. The van der Waals surface area contributed by atoms with Gasteiger partial charge in [-0.15, -0.1) is 0 Å². The van der Waals surface area contributed by atoms with Crippen molar-refractivity contribution in [1.82, 2.24) is 5.32 Å². The maximum atomic E-state index is 12.0. The second-order valence-electron chi connectivity index (χ2n) is 4.44. The Kier molecular flexibility index (Phi) is 4.72. The van der Waals surface area contributed by atoms with Gasteiger partial charge in [0.1, 0.15) is 0 Å². The highest BCUT2D eigenvalue weighted by molar-refractivity contribution is 6.30. The molecular formula is C16H16ClNO. The van der Waals surface area contributed by atoms with E-state index in [1.165, 1.54) is 5.56 Å². The lowest BCUT2D eigenvalue weighted by Crippen LogP contribution is -2.25. The number of halogens is 1. The van der Waals surface area contributed by atoms with E-state index in [-0.39, 0.29) is 11.8 Å². The van der Waals surface area contributed by atoms with Gasteiger partial charge in [0.05, 0.1) is 6.54 Å². The van der Waals surface area contributed by atoms with Gasteiger partial charge in [-0.05, 0) is 36.8 Å². The minimum absolute atomic E-state index is 0.0689. The minimum Gasteiger partial charge on any atom is -0.303 e. The lowest BCUT2D eigenvalue weighted by molar-refractivity contribution is 0.0988. The van der Waals surface area contributed by atoms with E-state index < -0.39 is 0 Å². The van der Waals surface area contributed by atoms with Crippen molar-refractivity contribution in [3.05, 3.63) is 70.7 Å². The van der Waals surface area contributed by atoms with Crippen LogP contribution in [0.1, 0.15) is 28.9 Å².